The SMILES string of the molecule is Cc1ccc(NC(=O)CCc2c(C)nc3nc[nH]n3c2=O)cc1Cl. The number of amides is 1. The van der Waals surface area contributed by atoms with Gasteiger partial charge in [0.25, 0.3) is 11.3 Å². The quantitative estimate of drug-likeness (QED) is 0.758. The zero-order chi connectivity index (χ0) is 17.3. The third kappa shape index (κ3) is 3.16. The maximum atomic E-state index is 12.4. The summed E-state index contributed by atoms with van der Waals surface area (Å²) in [5.41, 5.74) is 2.41. The maximum absolute atomic E-state index is 12.4. The number of aromatic nitrogens is 4. The summed E-state index contributed by atoms with van der Waals surface area (Å²) in [7, 11) is 0. The zero-order valence-corrected chi connectivity index (χ0v) is 14.0. The van der Waals surface area contributed by atoms with E-state index in [0.29, 0.717) is 34.2 Å². The molecule has 0 atom stereocenters. The molecule has 0 fully saturated rings. The summed E-state index contributed by atoms with van der Waals surface area (Å²) in [5.74, 6) is 0.128. The topological polar surface area (TPSA) is 92.2 Å². The van der Waals surface area contributed by atoms with E-state index >= 15 is 0 Å². The molecule has 8 heteroatoms. The second-order valence-corrected chi connectivity index (χ2v) is 5.92. The zero-order valence-electron chi connectivity index (χ0n) is 13.3. The Morgan fingerprint density at radius 1 is 1.38 bits per heavy atom. The van der Waals surface area contributed by atoms with Gasteiger partial charge in [0, 0.05) is 22.7 Å². The van der Waals surface area contributed by atoms with Crippen LogP contribution >= 0.6 is 11.6 Å². The van der Waals surface area contributed by atoms with Gasteiger partial charge in [-0.15, -0.1) is 0 Å². The molecule has 1 amide bonds. The number of aromatic amines is 1. The smallest absolute Gasteiger partial charge is 0.277 e. The number of fused-ring (bicyclic) bond motifs is 1. The van der Waals surface area contributed by atoms with E-state index in [4.69, 9.17) is 11.6 Å². The van der Waals surface area contributed by atoms with Crippen molar-refractivity contribution in [3.05, 3.63) is 56.7 Å². The number of nitrogens with one attached hydrogen (secondary N) is 2. The third-order valence-electron chi connectivity index (χ3n) is 3.79. The van der Waals surface area contributed by atoms with Gasteiger partial charge in [0.1, 0.15) is 6.33 Å². The van der Waals surface area contributed by atoms with Gasteiger partial charge in [-0.2, -0.15) is 4.52 Å². The molecule has 0 aliphatic carbocycles. The first-order valence-electron chi connectivity index (χ1n) is 7.43. The number of anilines is 1. The Labute approximate surface area is 142 Å². The van der Waals surface area contributed by atoms with Gasteiger partial charge in [-0.1, -0.05) is 17.7 Å². The van der Waals surface area contributed by atoms with Crippen molar-refractivity contribution in [3.8, 4) is 0 Å². The molecule has 2 heterocycles. The lowest BCUT2D eigenvalue weighted by Gasteiger charge is -2.08. The van der Waals surface area contributed by atoms with Crippen LogP contribution in [0.5, 0.6) is 0 Å². The van der Waals surface area contributed by atoms with Gasteiger partial charge in [0.15, 0.2) is 0 Å². The van der Waals surface area contributed by atoms with Crippen LogP contribution in [0.4, 0.5) is 5.69 Å². The average Bonchev–Trinajstić information content (AvgIpc) is 2.99. The number of H-pyrrole nitrogens is 1. The average molecular weight is 346 g/mol. The molecule has 0 unspecified atom stereocenters. The summed E-state index contributed by atoms with van der Waals surface area (Å²) in [6.45, 7) is 3.63. The van der Waals surface area contributed by atoms with E-state index in [-0.39, 0.29) is 17.9 Å². The maximum Gasteiger partial charge on any atom is 0.277 e. The van der Waals surface area contributed by atoms with E-state index in [9.17, 15) is 9.59 Å². The summed E-state index contributed by atoms with van der Waals surface area (Å²) in [6.07, 6.45) is 1.87. The number of aryl methyl sites for hydroxylation is 2. The van der Waals surface area contributed by atoms with Crippen molar-refractivity contribution >= 4 is 29.0 Å². The molecule has 0 radical (unpaired) electrons. The summed E-state index contributed by atoms with van der Waals surface area (Å²) in [6, 6.07) is 5.33. The molecule has 124 valence electrons. The summed E-state index contributed by atoms with van der Waals surface area (Å²) in [5, 5.41) is 6.08. The van der Waals surface area contributed by atoms with Crippen molar-refractivity contribution in [2.75, 3.05) is 5.32 Å². The van der Waals surface area contributed by atoms with Crippen LogP contribution in [0.25, 0.3) is 5.78 Å². The molecule has 0 saturated heterocycles. The van der Waals surface area contributed by atoms with Crippen LogP contribution < -0.4 is 10.9 Å². The predicted molar refractivity (Wildman–Crippen MR) is 91.5 cm³/mol. The van der Waals surface area contributed by atoms with Crippen LogP contribution in [-0.2, 0) is 11.2 Å². The molecule has 0 bridgehead atoms. The van der Waals surface area contributed by atoms with Crippen molar-refractivity contribution in [3.63, 3.8) is 0 Å². The minimum Gasteiger partial charge on any atom is -0.326 e. The van der Waals surface area contributed by atoms with Gasteiger partial charge >= 0.3 is 0 Å². The van der Waals surface area contributed by atoms with Crippen LogP contribution in [0.2, 0.25) is 5.02 Å². The molecule has 2 aromatic heterocycles. The first-order chi connectivity index (χ1) is 11.5. The lowest BCUT2D eigenvalue weighted by Crippen LogP contribution is -2.23. The fourth-order valence-corrected chi connectivity index (χ4v) is 2.60. The van der Waals surface area contributed by atoms with E-state index in [1.54, 1.807) is 19.1 Å². The van der Waals surface area contributed by atoms with Gasteiger partial charge in [-0.3, -0.25) is 14.7 Å². The van der Waals surface area contributed by atoms with E-state index in [2.05, 4.69) is 20.4 Å². The fourth-order valence-electron chi connectivity index (χ4n) is 2.42. The van der Waals surface area contributed by atoms with Crippen LogP contribution in [0, 0.1) is 13.8 Å². The highest BCUT2D eigenvalue weighted by Gasteiger charge is 2.13. The van der Waals surface area contributed by atoms with Crippen LogP contribution in [0.15, 0.2) is 29.3 Å². The third-order valence-corrected chi connectivity index (χ3v) is 4.20. The highest BCUT2D eigenvalue weighted by molar-refractivity contribution is 6.31. The van der Waals surface area contributed by atoms with Gasteiger partial charge in [-0.25, -0.2) is 9.97 Å². The Bertz CT molecular complexity index is 976. The largest absolute Gasteiger partial charge is 0.326 e. The molecular formula is C16H16ClN5O2. The van der Waals surface area contributed by atoms with Gasteiger partial charge in [0.05, 0.1) is 5.69 Å². The Hall–Kier alpha value is -2.67. The second kappa shape index (κ2) is 6.45. The Balaban J connectivity index is 1.72. The first kappa shape index (κ1) is 16.2. The monoisotopic (exact) mass is 345 g/mol. The van der Waals surface area contributed by atoms with Gasteiger partial charge in [0.2, 0.25) is 5.91 Å². The molecular weight excluding hydrogens is 330 g/mol. The molecule has 0 aliphatic rings. The van der Waals surface area contributed by atoms with Crippen molar-refractivity contribution < 1.29 is 4.79 Å². The Kier molecular flexibility index (Phi) is 4.35. The van der Waals surface area contributed by atoms with Gasteiger partial charge in [-0.05, 0) is 38.0 Å². The Morgan fingerprint density at radius 3 is 2.92 bits per heavy atom. The lowest BCUT2D eigenvalue weighted by molar-refractivity contribution is -0.116. The molecule has 1 aromatic carbocycles. The number of halogens is 1. The normalized spacial score (nSPS) is 11.0. The van der Waals surface area contributed by atoms with Crippen molar-refractivity contribution in [1.82, 2.24) is 19.6 Å². The highest BCUT2D eigenvalue weighted by atomic mass is 35.5. The van der Waals surface area contributed by atoms with E-state index in [1.165, 1.54) is 10.8 Å². The van der Waals surface area contributed by atoms with E-state index in [0.717, 1.165) is 5.56 Å². The first-order valence-corrected chi connectivity index (χ1v) is 7.81. The number of benzene rings is 1. The molecule has 3 rings (SSSR count). The molecule has 3 aromatic rings. The lowest BCUT2D eigenvalue weighted by atomic mass is 10.1. The van der Waals surface area contributed by atoms with Crippen molar-refractivity contribution in [2.24, 2.45) is 0 Å². The minimum absolute atomic E-state index is 0.170. The van der Waals surface area contributed by atoms with Crippen LogP contribution in [0.1, 0.15) is 23.2 Å². The van der Waals surface area contributed by atoms with E-state index < -0.39 is 0 Å². The molecule has 2 N–H and O–H groups in total. The molecule has 0 saturated carbocycles. The number of carbonyl (C=O) groups excluding carboxylic acids is 1. The number of carbonyl (C=O) groups is 1. The molecule has 0 aliphatic heterocycles. The standard InChI is InChI=1S/C16H16ClN5O2/c1-9-3-4-11(7-13(9)17)21-14(23)6-5-12-10(2)20-16-18-8-19-22(16)15(12)24/h3-4,7-8H,5-6H2,1-2H3,(H,21,23)(H,18,19,20). The second-order valence-electron chi connectivity index (χ2n) is 5.52. The number of nitrogens with zero attached hydrogens (tertiary/aromatic N) is 3. The summed E-state index contributed by atoms with van der Waals surface area (Å²) >= 11 is 6.04. The molecule has 24 heavy (non-hydrogen) atoms. The van der Waals surface area contributed by atoms with E-state index in [1.807, 2.05) is 13.0 Å². The minimum atomic E-state index is -0.235. The highest BCUT2D eigenvalue weighted by Crippen LogP contribution is 2.20. The molecule has 7 nitrogen and oxygen atoms in total. The number of hydrogen-bond donors (Lipinski definition) is 2. The molecule has 0 spiro atoms. The fraction of sp³-hybridized carbons (Fsp3) is 0.250. The van der Waals surface area contributed by atoms with Crippen LogP contribution in [0.3, 0.4) is 0 Å². The van der Waals surface area contributed by atoms with Crippen molar-refractivity contribution in [1.29, 1.82) is 0 Å². The van der Waals surface area contributed by atoms with Crippen molar-refractivity contribution in [2.45, 2.75) is 26.7 Å². The predicted octanol–water partition coefficient (Wildman–Crippen LogP) is 2.26. The number of hydrogen-bond acceptors (Lipinski definition) is 4. The summed E-state index contributed by atoms with van der Waals surface area (Å²) in [4.78, 5) is 32.7. The van der Waals surface area contributed by atoms with Gasteiger partial charge < -0.3 is 5.32 Å². The van der Waals surface area contributed by atoms with Crippen LogP contribution in [-0.4, -0.2) is 25.5 Å². The number of rotatable bonds is 4. The summed E-state index contributed by atoms with van der Waals surface area (Å²) < 4.78 is 1.26. The Morgan fingerprint density at radius 2 is 2.17 bits per heavy atom.